The molecule has 138 valence electrons. The van der Waals surface area contributed by atoms with E-state index in [9.17, 15) is 9.59 Å². The van der Waals surface area contributed by atoms with Gasteiger partial charge in [0.05, 0.1) is 18.5 Å². The van der Waals surface area contributed by atoms with E-state index >= 15 is 0 Å². The quantitative estimate of drug-likeness (QED) is 0.743. The highest BCUT2D eigenvalue weighted by Crippen LogP contribution is 2.25. The molecule has 7 heteroatoms. The zero-order valence-electron chi connectivity index (χ0n) is 15.3. The number of carbonyl (C=O) groups excluding carboxylic acids is 1. The maximum Gasteiger partial charge on any atom is 0.323 e. The first-order valence-corrected chi connectivity index (χ1v) is 8.34. The predicted octanol–water partition coefficient (Wildman–Crippen LogP) is 3.41. The zero-order chi connectivity index (χ0) is 19.4. The highest BCUT2D eigenvalue weighted by atomic mass is 16.5. The highest BCUT2D eigenvalue weighted by molar-refractivity contribution is 6.00. The van der Waals surface area contributed by atoms with Crippen molar-refractivity contribution < 1.29 is 9.53 Å². The van der Waals surface area contributed by atoms with E-state index in [4.69, 9.17) is 4.74 Å². The Labute approximate surface area is 156 Å². The number of nitrogens with zero attached hydrogens (tertiary/aromatic N) is 2. The molecule has 1 aromatic heterocycles. The number of benzene rings is 2. The number of aryl methyl sites for hydroxylation is 2. The van der Waals surface area contributed by atoms with Crippen molar-refractivity contribution in [3.05, 3.63) is 70.5 Å². The van der Waals surface area contributed by atoms with Crippen molar-refractivity contribution >= 4 is 17.4 Å². The lowest BCUT2D eigenvalue weighted by molar-refractivity contribution is 0.262. The third kappa shape index (κ3) is 4.33. The van der Waals surface area contributed by atoms with Crippen LogP contribution < -0.4 is 20.9 Å². The van der Waals surface area contributed by atoms with Gasteiger partial charge in [-0.1, -0.05) is 18.2 Å². The molecule has 0 aliphatic heterocycles. The Morgan fingerprint density at radius 1 is 1.04 bits per heavy atom. The van der Waals surface area contributed by atoms with E-state index in [-0.39, 0.29) is 11.6 Å². The highest BCUT2D eigenvalue weighted by Gasteiger charge is 2.08. The van der Waals surface area contributed by atoms with E-state index in [0.29, 0.717) is 22.8 Å². The van der Waals surface area contributed by atoms with E-state index in [1.54, 1.807) is 38.4 Å². The second kappa shape index (κ2) is 7.74. The molecule has 0 radical (unpaired) electrons. The summed E-state index contributed by atoms with van der Waals surface area (Å²) in [5, 5.41) is 9.77. The Kier molecular flexibility index (Phi) is 5.21. The lowest BCUT2D eigenvalue weighted by Crippen LogP contribution is -2.20. The standard InChI is InChI=1S/C20H20N4O3/c1-13-4-10-18(27-3)17(12-13)22-20(26)21-15-7-5-14(6-8-15)16-9-11-19(25)24(2)23-16/h4-12H,1-3H3,(H2,21,22,26). The molecule has 0 aliphatic carbocycles. The van der Waals surface area contributed by atoms with Crippen molar-refractivity contribution in [3.8, 4) is 17.0 Å². The van der Waals surface area contributed by atoms with Crippen LogP contribution in [0.3, 0.4) is 0 Å². The van der Waals surface area contributed by atoms with Gasteiger partial charge in [0.2, 0.25) is 0 Å². The SMILES string of the molecule is COc1ccc(C)cc1NC(=O)Nc1ccc(-c2ccc(=O)n(C)n2)cc1. The Balaban J connectivity index is 1.71. The molecule has 3 rings (SSSR count). The van der Waals surface area contributed by atoms with Crippen molar-refractivity contribution in [2.24, 2.45) is 7.05 Å². The normalized spacial score (nSPS) is 10.3. The molecule has 0 saturated carbocycles. The molecule has 3 aromatic rings. The molecule has 2 N–H and O–H groups in total. The fourth-order valence-corrected chi connectivity index (χ4v) is 2.58. The number of hydrogen-bond acceptors (Lipinski definition) is 4. The Hall–Kier alpha value is -3.61. The average molecular weight is 364 g/mol. The van der Waals surface area contributed by atoms with Crippen LogP contribution in [0.25, 0.3) is 11.3 Å². The number of nitrogens with one attached hydrogen (secondary N) is 2. The molecule has 1 heterocycles. The van der Waals surface area contributed by atoms with Crippen molar-refractivity contribution in [2.45, 2.75) is 6.92 Å². The smallest absolute Gasteiger partial charge is 0.323 e. The molecular weight excluding hydrogens is 344 g/mol. The summed E-state index contributed by atoms with van der Waals surface area (Å²) in [5.74, 6) is 0.590. The van der Waals surface area contributed by atoms with Crippen LogP contribution >= 0.6 is 0 Å². The van der Waals surface area contributed by atoms with E-state index in [0.717, 1.165) is 11.1 Å². The van der Waals surface area contributed by atoms with Crippen LogP contribution in [-0.2, 0) is 7.05 Å². The van der Waals surface area contributed by atoms with E-state index in [1.165, 1.54) is 10.7 Å². The van der Waals surface area contributed by atoms with Gasteiger partial charge in [0.25, 0.3) is 5.56 Å². The maximum absolute atomic E-state index is 12.3. The number of rotatable bonds is 4. The summed E-state index contributed by atoms with van der Waals surface area (Å²) >= 11 is 0. The molecule has 0 unspecified atom stereocenters. The minimum absolute atomic E-state index is 0.166. The Morgan fingerprint density at radius 3 is 2.44 bits per heavy atom. The van der Waals surface area contributed by atoms with Gasteiger partial charge in [-0.05, 0) is 42.8 Å². The van der Waals surface area contributed by atoms with Crippen molar-refractivity contribution in [3.63, 3.8) is 0 Å². The van der Waals surface area contributed by atoms with Crippen molar-refractivity contribution in [2.75, 3.05) is 17.7 Å². The second-order valence-electron chi connectivity index (χ2n) is 6.04. The molecule has 2 amide bonds. The summed E-state index contributed by atoms with van der Waals surface area (Å²) in [4.78, 5) is 23.7. The second-order valence-corrected chi connectivity index (χ2v) is 6.04. The van der Waals surface area contributed by atoms with Gasteiger partial charge in [0.1, 0.15) is 5.75 Å². The number of urea groups is 1. The van der Waals surface area contributed by atoms with Crippen LogP contribution in [0.15, 0.2) is 59.4 Å². The van der Waals surface area contributed by atoms with Crippen molar-refractivity contribution in [1.29, 1.82) is 0 Å². The third-order valence-corrected chi connectivity index (χ3v) is 4.00. The lowest BCUT2D eigenvalue weighted by Gasteiger charge is -2.12. The largest absolute Gasteiger partial charge is 0.495 e. The van der Waals surface area contributed by atoms with E-state index < -0.39 is 0 Å². The van der Waals surface area contributed by atoms with Crippen molar-refractivity contribution in [1.82, 2.24) is 9.78 Å². The predicted molar refractivity (Wildman–Crippen MR) is 105 cm³/mol. The summed E-state index contributed by atoms with van der Waals surface area (Å²) in [6, 6.07) is 15.5. The summed E-state index contributed by atoms with van der Waals surface area (Å²) in [6.07, 6.45) is 0. The minimum atomic E-state index is -0.369. The van der Waals surface area contributed by atoms with Gasteiger partial charge in [-0.25, -0.2) is 9.48 Å². The monoisotopic (exact) mass is 364 g/mol. The summed E-state index contributed by atoms with van der Waals surface area (Å²) in [5.41, 5.74) is 3.60. The molecule has 0 atom stereocenters. The van der Waals surface area contributed by atoms with Crippen LogP contribution in [0.1, 0.15) is 5.56 Å². The topological polar surface area (TPSA) is 85.3 Å². The molecule has 27 heavy (non-hydrogen) atoms. The third-order valence-electron chi connectivity index (χ3n) is 4.00. The van der Waals surface area contributed by atoms with Crippen LogP contribution in [-0.4, -0.2) is 22.9 Å². The van der Waals surface area contributed by atoms with Gasteiger partial charge in [0, 0.05) is 24.4 Å². The minimum Gasteiger partial charge on any atom is -0.495 e. The van der Waals surface area contributed by atoms with Gasteiger partial charge in [0.15, 0.2) is 0 Å². The molecule has 0 fully saturated rings. The maximum atomic E-state index is 12.3. The number of aromatic nitrogens is 2. The lowest BCUT2D eigenvalue weighted by atomic mass is 10.1. The fourth-order valence-electron chi connectivity index (χ4n) is 2.58. The summed E-state index contributed by atoms with van der Waals surface area (Å²) < 4.78 is 6.54. The number of methoxy groups -OCH3 is 1. The van der Waals surface area contributed by atoms with Crippen LogP contribution in [0.4, 0.5) is 16.2 Å². The number of amides is 2. The van der Waals surface area contributed by atoms with Crippen LogP contribution in [0.2, 0.25) is 0 Å². The van der Waals surface area contributed by atoms with Crippen LogP contribution in [0.5, 0.6) is 5.75 Å². The Bertz CT molecular complexity index is 1030. The number of anilines is 2. The van der Waals surface area contributed by atoms with Crippen LogP contribution in [0, 0.1) is 6.92 Å². The van der Waals surface area contributed by atoms with E-state index in [2.05, 4.69) is 15.7 Å². The first-order chi connectivity index (χ1) is 13.0. The fraction of sp³-hybridized carbons (Fsp3) is 0.150. The number of ether oxygens (including phenoxy) is 1. The summed E-state index contributed by atoms with van der Waals surface area (Å²) in [6.45, 7) is 1.94. The molecule has 7 nitrogen and oxygen atoms in total. The first kappa shape index (κ1) is 18.2. The van der Waals surface area contributed by atoms with Gasteiger partial charge in [-0.2, -0.15) is 5.10 Å². The number of hydrogen-bond donors (Lipinski definition) is 2. The first-order valence-electron chi connectivity index (χ1n) is 8.34. The molecule has 0 spiro atoms. The van der Waals surface area contributed by atoms with Gasteiger partial charge in [-0.15, -0.1) is 0 Å². The van der Waals surface area contributed by atoms with Gasteiger partial charge < -0.3 is 15.4 Å². The van der Waals surface area contributed by atoms with Gasteiger partial charge >= 0.3 is 6.03 Å². The average Bonchev–Trinajstić information content (AvgIpc) is 2.65. The molecular formula is C20H20N4O3. The molecule has 2 aromatic carbocycles. The number of carbonyl (C=O) groups is 1. The van der Waals surface area contributed by atoms with E-state index in [1.807, 2.05) is 31.2 Å². The zero-order valence-corrected chi connectivity index (χ0v) is 15.3. The molecule has 0 aliphatic rings. The summed E-state index contributed by atoms with van der Waals surface area (Å²) in [7, 11) is 3.16. The Morgan fingerprint density at radius 2 is 1.78 bits per heavy atom. The van der Waals surface area contributed by atoms with Gasteiger partial charge in [-0.3, -0.25) is 4.79 Å². The molecule has 0 bridgehead atoms. The molecule has 0 saturated heterocycles.